The molecule has 21 heavy (non-hydrogen) atoms. The van der Waals surface area contributed by atoms with Crippen LogP contribution in [-0.4, -0.2) is 11.8 Å². The molecule has 0 bridgehead atoms. The van der Waals surface area contributed by atoms with Crippen LogP contribution in [-0.2, 0) is 18.3 Å². The van der Waals surface area contributed by atoms with Crippen LogP contribution in [0.4, 0.5) is 0 Å². The highest BCUT2D eigenvalue weighted by Crippen LogP contribution is 2.33. The molecule has 0 unspecified atom stereocenters. The second-order valence-electron chi connectivity index (χ2n) is 5.40. The van der Waals surface area contributed by atoms with Crippen molar-refractivity contribution in [3.05, 3.63) is 69.7 Å². The molecule has 0 heterocycles. The first-order valence-electron chi connectivity index (χ1n) is 7.09. The minimum Gasteiger partial charge on any atom is -0.126 e. The van der Waals surface area contributed by atoms with Crippen molar-refractivity contribution in [3.63, 3.8) is 0 Å². The molecule has 112 valence electrons. The molecule has 2 aromatic rings. The van der Waals surface area contributed by atoms with E-state index >= 15 is 0 Å². The van der Waals surface area contributed by atoms with Crippen molar-refractivity contribution in [2.75, 3.05) is 11.8 Å². The van der Waals surface area contributed by atoms with Gasteiger partial charge in [-0.15, -0.1) is 23.2 Å². The van der Waals surface area contributed by atoms with Gasteiger partial charge in [-0.05, 0) is 41.7 Å². The minimum atomic E-state index is -0.235. The summed E-state index contributed by atoms with van der Waals surface area (Å²) < 4.78 is 1.06. The second kappa shape index (κ2) is 7.67. The fourth-order valence-corrected chi connectivity index (χ4v) is 3.67. The lowest BCUT2D eigenvalue weighted by molar-refractivity contribution is 0.536. The Balaban J connectivity index is 2.33. The van der Waals surface area contributed by atoms with E-state index < -0.39 is 0 Å². The van der Waals surface area contributed by atoms with Crippen molar-refractivity contribution in [2.24, 2.45) is 0 Å². The monoisotopic (exact) mass is 384 g/mol. The molecule has 2 rings (SSSR count). The Morgan fingerprint density at radius 1 is 0.952 bits per heavy atom. The summed E-state index contributed by atoms with van der Waals surface area (Å²) in [7, 11) is 0. The standard InChI is InChI=1S/C18H19BrCl2/c1-2-14-6-8-15(9-7-14)11-18(12-20,13-21)16-4-3-5-17(19)10-16/h3-10H,2,11-13H2,1H3. The molecular weight excluding hydrogens is 367 g/mol. The molecule has 0 saturated heterocycles. The number of hydrogen-bond acceptors (Lipinski definition) is 0. The molecule has 0 fully saturated rings. The summed E-state index contributed by atoms with van der Waals surface area (Å²) in [6.07, 6.45) is 1.91. The molecule has 0 aromatic heterocycles. The lowest BCUT2D eigenvalue weighted by atomic mass is 9.78. The Hall–Kier alpha value is -0.500. The van der Waals surface area contributed by atoms with Crippen molar-refractivity contribution < 1.29 is 0 Å². The van der Waals surface area contributed by atoms with E-state index in [-0.39, 0.29) is 5.41 Å². The zero-order valence-electron chi connectivity index (χ0n) is 12.1. The van der Waals surface area contributed by atoms with Gasteiger partial charge in [-0.3, -0.25) is 0 Å². The summed E-state index contributed by atoms with van der Waals surface area (Å²) in [5, 5.41) is 0. The molecule has 0 aliphatic heterocycles. The van der Waals surface area contributed by atoms with Gasteiger partial charge in [0.2, 0.25) is 0 Å². The predicted molar refractivity (Wildman–Crippen MR) is 96.8 cm³/mol. The SMILES string of the molecule is CCc1ccc(CC(CCl)(CCl)c2cccc(Br)c2)cc1. The lowest BCUT2D eigenvalue weighted by Crippen LogP contribution is -2.33. The summed E-state index contributed by atoms with van der Waals surface area (Å²) in [6.45, 7) is 2.17. The first-order valence-corrected chi connectivity index (χ1v) is 8.95. The highest BCUT2D eigenvalue weighted by atomic mass is 79.9. The maximum atomic E-state index is 6.32. The van der Waals surface area contributed by atoms with Gasteiger partial charge in [0.1, 0.15) is 0 Å². The summed E-state index contributed by atoms with van der Waals surface area (Å²) in [6, 6.07) is 17.0. The van der Waals surface area contributed by atoms with Crippen LogP contribution in [0.3, 0.4) is 0 Å². The van der Waals surface area contributed by atoms with Gasteiger partial charge in [0.05, 0.1) is 0 Å². The number of benzene rings is 2. The summed E-state index contributed by atoms with van der Waals surface area (Å²) in [5.41, 5.74) is 3.57. The van der Waals surface area contributed by atoms with E-state index in [0.717, 1.165) is 17.3 Å². The highest BCUT2D eigenvalue weighted by molar-refractivity contribution is 9.10. The van der Waals surface area contributed by atoms with E-state index in [4.69, 9.17) is 23.2 Å². The van der Waals surface area contributed by atoms with Crippen LogP contribution in [0.2, 0.25) is 0 Å². The van der Waals surface area contributed by atoms with E-state index in [1.165, 1.54) is 16.7 Å². The molecule has 0 aliphatic rings. The Labute approximate surface area is 145 Å². The Bertz CT molecular complexity index is 574. The molecule has 0 radical (unpaired) electrons. The van der Waals surface area contributed by atoms with Crippen LogP contribution in [0.15, 0.2) is 53.0 Å². The van der Waals surface area contributed by atoms with Crippen LogP contribution >= 0.6 is 39.1 Å². The van der Waals surface area contributed by atoms with Crippen molar-refractivity contribution in [1.82, 2.24) is 0 Å². The van der Waals surface area contributed by atoms with Gasteiger partial charge in [0.25, 0.3) is 0 Å². The van der Waals surface area contributed by atoms with Crippen LogP contribution in [0.25, 0.3) is 0 Å². The Morgan fingerprint density at radius 2 is 1.57 bits per heavy atom. The van der Waals surface area contributed by atoms with Gasteiger partial charge in [-0.25, -0.2) is 0 Å². The number of hydrogen-bond donors (Lipinski definition) is 0. The molecule has 0 spiro atoms. The maximum Gasteiger partial charge on any atom is 0.0335 e. The van der Waals surface area contributed by atoms with Gasteiger partial charge in [0, 0.05) is 21.6 Å². The third-order valence-electron chi connectivity index (χ3n) is 3.92. The largest absolute Gasteiger partial charge is 0.126 e. The van der Waals surface area contributed by atoms with Gasteiger partial charge in [-0.1, -0.05) is 59.3 Å². The van der Waals surface area contributed by atoms with Crippen molar-refractivity contribution >= 4 is 39.1 Å². The zero-order chi connectivity index (χ0) is 15.3. The predicted octanol–water partition coefficient (Wildman–Crippen LogP) is 5.97. The van der Waals surface area contributed by atoms with Crippen molar-refractivity contribution in [2.45, 2.75) is 25.2 Å². The topological polar surface area (TPSA) is 0 Å². The van der Waals surface area contributed by atoms with Crippen LogP contribution in [0, 0.1) is 0 Å². The molecule has 0 saturated carbocycles. The summed E-state index contributed by atoms with van der Waals surface area (Å²) in [4.78, 5) is 0. The lowest BCUT2D eigenvalue weighted by Gasteiger charge is -2.30. The second-order valence-corrected chi connectivity index (χ2v) is 6.85. The molecule has 0 aliphatic carbocycles. The van der Waals surface area contributed by atoms with E-state index in [2.05, 4.69) is 59.3 Å². The maximum absolute atomic E-state index is 6.32. The zero-order valence-corrected chi connectivity index (χ0v) is 15.2. The highest BCUT2D eigenvalue weighted by Gasteiger charge is 2.31. The van der Waals surface area contributed by atoms with Gasteiger partial charge in [-0.2, -0.15) is 0 Å². The van der Waals surface area contributed by atoms with Crippen LogP contribution in [0.5, 0.6) is 0 Å². The fourth-order valence-electron chi connectivity index (χ4n) is 2.49. The van der Waals surface area contributed by atoms with Crippen molar-refractivity contribution in [3.8, 4) is 0 Å². The van der Waals surface area contributed by atoms with E-state index in [1.54, 1.807) is 0 Å². The average molecular weight is 386 g/mol. The molecule has 2 aromatic carbocycles. The number of rotatable bonds is 6. The number of aryl methyl sites for hydroxylation is 1. The van der Waals surface area contributed by atoms with E-state index in [0.29, 0.717) is 11.8 Å². The quantitative estimate of drug-likeness (QED) is 0.537. The normalized spacial score (nSPS) is 11.6. The summed E-state index contributed by atoms with van der Waals surface area (Å²) in [5.74, 6) is 1.00. The average Bonchev–Trinajstić information content (AvgIpc) is 2.53. The van der Waals surface area contributed by atoms with Gasteiger partial charge >= 0.3 is 0 Å². The van der Waals surface area contributed by atoms with Gasteiger partial charge in [0.15, 0.2) is 0 Å². The Kier molecular flexibility index (Phi) is 6.16. The molecular formula is C18H19BrCl2. The minimum absolute atomic E-state index is 0.235. The fraction of sp³-hybridized carbons (Fsp3) is 0.333. The number of alkyl halides is 2. The van der Waals surface area contributed by atoms with Crippen LogP contribution in [0.1, 0.15) is 23.6 Å². The van der Waals surface area contributed by atoms with Crippen molar-refractivity contribution in [1.29, 1.82) is 0 Å². The molecule has 0 amide bonds. The molecule has 0 N–H and O–H groups in total. The molecule has 0 nitrogen and oxygen atoms in total. The number of halogens is 3. The van der Waals surface area contributed by atoms with Gasteiger partial charge < -0.3 is 0 Å². The molecule has 0 atom stereocenters. The Morgan fingerprint density at radius 3 is 2.10 bits per heavy atom. The first kappa shape index (κ1) is 16.9. The summed E-state index contributed by atoms with van der Waals surface area (Å²) >= 11 is 16.2. The van der Waals surface area contributed by atoms with E-state index in [1.807, 2.05) is 12.1 Å². The van der Waals surface area contributed by atoms with E-state index in [9.17, 15) is 0 Å². The molecule has 3 heteroatoms. The third-order valence-corrected chi connectivity index (χ3v) is 5.44. The van der Waals surface area contributed by atoms with Crippen LogP contribution < -0.4 is 0 Å². The third kappa shape index (κ3) is 4.03. The smallest absolute Gasteiger partial charge is 0.0335 e. The first-order chi connectivity index (χ1) is 10.1.